The molecular weight excluding hydrogens is 310 g/mol. The van der Waals surface area contributed by atoms with Crippen LogP contribution in [0, 0.1) is 12.3 Å². The number of rotatable bonds is 8. The molecule has 0 aromatic heterocycles. The number of carbonyl (C=O) groups is 2. The van der Waals surface area contributed by atoms with E-state index in [4.69, 9.17) is 11.2 Å². The number of terminal acetylenes is 1. The zero-order valence-corrected chi connectivity index (χ0v) is 13.7. The van der Waals surface area contributed by atoms with E-state index in [9.17, 15) is 9.59 Å². The van der Waals surface area contributed by atoms with Gasteiger partial charge >= 0.3 is 5.97 Å². The van der Waals surface area contributed by atoms with Crippen molar-refractivity contribution in [3.63, 3.8) is 0 Å². The zero-order chi connectivity index (χ0) is 17.6. The number of esters is 1. The molecule has 0 radical (unpaired) electrons. The monoisotopic (exact) mass is 329 g/mol. The fourth-order valence-electron chi connectivity index (χ4n) is 2.25. The lowest BCUT2D eigenvalue weighted by molar-refractivity contribution is -0.116. The van der Waals surface area contributed by atoms with Crippen molar-refractivity contribution in [2.45, 2.75) is 31.3 Å². The summed E-state index contributed by atoms with van der Waals surface area (Å²) in [4.78, 5) is 23.7. The Morgan fingerprint density at radius 2 is 2.04 bits per heavy atom. The quantitative estimate of drug-likeness (QED) is 0.586. The molecule has 0 spiro atoms. The second kappa shape index (κ2) is 7.59. The topological polar surface area (TPSA) is 89.4 Å². The van der Waals surface area contributed by atoms with E-state index in [0.29, 0.717) is 36.3 Å². The normalized spacial score (nSPS) is 13.7. The molecule has 1 amide bonds. The predicted molar refractivity (Wildman–Crippen MR) is 87.9 cm³/mol. The molecule has 0 saturated carbocycles. The summed E-state index contributed by atoms with van der Waals surface area (Å²) in [5.74, 6) is 2.21. The van der Waals surface area contributed by atoms with E-state index in [0.717, 1.165) is 0 Å². The molecule has 0 saturated heterocycles. The van der Waals surface area contributed by atoms with Gasteiger partial charge in [-0.05, 0) is 12.1 Å². The number of nitrogens with zero attached hydrogens (tertiary/aromatic N) is 2. The van der Waals surface area contributed by atoms with Crippen molar-refractivity contribution in [3.05, 3.63) is 23.8 Å². The lowest BCUT2D eigenvalue weighted by Gasteiger charge is -2.11. The average Bonchev–Trinajstić information content (AvgIpc) is 3.38. The molecule has 1 N–H and O–H groups in total. The number of hydrogen-bond donors (Lipinski definition) is 1. The molecular formula is C17H19N3O4. The SMILES string of the molecule is C#CCCC1(CCC(=O)Nc2ccc(C(=O)OC)c(OC)c2)N=N1. The molecule has 1 aliphatic heterocycles. The number of nitrogens with one attached hydrogen (secondary N) is 1. The van der Waals surface area contributed by atoms with Gasteiger partial charge in [0.1, 0.15) is 11.3 Å². The van der Waals surface area contributed by atoms with Gasteiger partial charge in [0, 0.05) is 37.4 Å². The van der Waals surface area contributed by atoms with Crippen molar-refractivity contribution in [2.24, 2.45) is 10.2 Å². The van der Waals surface area contributed by atoms with E-state index >= 15 is 0 Å². The molecule has 0 fully saturated rings. The Bertz CT molecular complexity index is 700. The van der Waals surface area contributed by atoms with Crippen LogP contribution in [0.5, 0.6) is 5.75 Å². The van der Waals surface area contributed by atoms with E-state index < -0.39 is 11.6 Å². The van der Waals surface area contributed by atoms with Crippen LogP contribution in [-0.2, 0) is 9.53 Å². The van der Waals surface area contributed by atoms with Crippen LogP contribution in [0.4, 0.5) is 5.69 Å². The molecule has 0 atom stereocenters. The lowest BCUT2D eigenvalue weighted by Crippen LogP contribution is -2.17. The highest BCUT2D eigenvalue weighted by Crippen LogP contribution is 2.37. The Hall–Kier alpha value is -2.88. The number of carbonyl (C=O) groups excluding carboxylic acids is 2. The Labute approximate surface area is 140 Å². The van der Waals surface area contributed by atoms with E-state index in [2.05, 4.69) is 26.2 Å². The lowest BCUT2D eigenvalue weighted by atomic mass is 10.0. The van der Waals surface area contributed by atoms with Crippen molar-refractivity contribution in [3.8, 4) is 18.1 Å². The van der Waals surface area contributed by atoms with E-state index in [1.165, 1.54) is 14.2 Å². The maximum absolute atomic E-state index is 12.1. The summed E-state index contributed by atoms with van der Waals surface area (Å²) in [5, 5.41) is 10.8. The first-order valence-electron chi connectivity index (χ1n) is 7.47. The second-order valence-corrected chi connectivity index (χ2v) is 5.34. The number of benzene rings is 1. The van der Waals surface area contributed by atoms with Crippen LogP contribution in [0.25, 0.3) is 0 Å². The van der Waals surface area contributed by atoms with Gasteiger partial charge in [-0.2, -0.15) is 10.2 Å². The van der Waals surface area contributed by atoms with Crippen LogP contribution in [0.2, 0.25) is 0 Å². The van der Waals surface area contributed by atoms with E-state index in [-0.39, 0.29) is 12.3 Å². The average molecular weight is 329 g/mol. The molecule has 126 valence electrons. The first kappa shape index (κ1) is 17.5. The van der Waals surface area contributed by atoms with Gasteiger partial charge in [-0.1, -0.05) is 0 Å². The Morgan fingerprint density at radius 3 is 2.62 bits per heavy atom. The number of methoxy groups -OCH3 is 2. The number of hydrogen-bond acceptors (Lipinski definition) is 6. The summed E-state index contributed by atoms with van der Waals surface area (Å²) in [6, 6.07) is 4.73. The highest BCUT2D eigenvalue weighted by molar-refractivity contribution is 5.95. The number of ether oxygens (including phenoxy) is 2. The van der Waals surface area contributed by atoms with Crippen molar-refractivity contribution in [2.75, 3.05) is 19.5 Å². The summed E-state index contributed by atoms with van der Waals surface area (Å²) in [7, 11) is 2.74. The summed E-state index contributed by atoms with van der Waals surface area (Å²) in [6.45, 7) is 0. The molecule has 7 nitrogen and oxygen atoms in total. The predicted octanol–water partition coefficient (Wildman–Crippen LogP) is 2.78. The fourth-order valence-corrected chi connectivity index (χ4v) is 2.25. The molecule has 7 heteroatoms. The smallest absolute Gasteiger partial charge is 0.341 e. The van der Waals surface area contributed by atoms with Gasteiger partial charge in [0.05, 0.1) is 14.2 Å². The Balaban J connectivity index is 1.92. The van der Waals surface area contributed by atoms with E-state index in [1.54, 1.807) is 18.2 Å². The minimum atomic E-state index is -0.503. The van der Waals surface area contributed by atoms with Gasteiger partial charge in [-0.15, -0.1) is 12.3 Å². The molecule has 1 aromatic carbocycles. The van der Waals surface area contributed by atoms with Crippen LogP contribution >= 0.6 is 0 Å². The molecule has 2 rings (SSSR count). The molecule has 1 aromatic rings. The standard InChI is InChI=1S/C17H19N3O4/c1-4-5-9-17(19-20-17)10-8-15(21)18-12-6-7-13(16(22)24-3)14(11-12)23-2/h1,6-7,11H,5,8-10H2,2-3H3,(H,18,21). The van der Waals surface area contributed by atoms with Crippen molar-refractivity contribution in [1.29, 1.82) is 0 Å². The van der Waals surface area contributed by atoms with Crippen molar-refractivity contribution < 1.29 is 19.1 Å². The van der Waals surface area contributed by atoms with E-state index in [1.807, 2.05) is 0 Å². The van der Waals surface area contributed by atoms with Crippen LogP contribution in [0.1, 0.15) is 36.0 Å². The highest BCUT2D eigenvalue weighted by Gasteiger charge is 2.39. The van der Waals surface area contributed by atoms with Crippen LogP contribution in [-0.4, -0.2) is 31.8 Å². The maximum Gasteiger partial charge on any atom is 0.341 e. The van der Waals surface area contributed by atoms with Crippen LogP contribution in [0.3, 0.4) is 0 Å². The molecule has 0 bridgehead atoms. The fraction of sp³-hybridized carbons (Fsp3) is 0.412. The van der Waals surface area contributed by atoms with Gasteiger partial charge < -0.3 is 14.8 Å². The summed E-state index contributed by atoms with van der Waals surface area (Å²) < 4.78 is 9.83. The van der Waals surface area contributed by atoms with Gasteiger partial charge in [-0.3, -0.25) is 4.79 Å². The molecule has 1 heterocycles. The van der Waals surface area contributed by atoms with Gasteiger partial charge in [0.15, 0.2) is 5.66 Å². The third kappa shape index (κ3) is 4.32. The third-order valence-corrected chi connectivity index (χ3v) is 3.70. The highest BCUT2D eigenvalue weighted by atomic mass is 16.5. The molecule has 0 unspecified atom stereocenters. The van der Waals surface area contributed by atoms with Gasteiger partial charge in [-0.25, -0.2) is 4.79 Å². The number of amides is 1. The Kier molecular flexibility index (Phi) is 5.53. The number of anilines is 1. The van der Waals surface area contributed by atoms with Crippen molar-refractivity contribution >= 4 is 17.6 Å². The van der Waals surface area contributed by atoms with Gasteiger partial charge in [0.2, 0.25) is 5.91 Å². The summed E-state index contributed by atoms with van der Waals surface area (Å²) in [6.07, 6.45) is 7.29. The Morgan fingerprint density at radius 1 is 1.29 bits per heavy atom. The first-order valence-corrected chi connectivity index (χ1v) is 7.47. The first-order chi connectivity index (χ1) is 11.5. The summed E-state index contributed by atoms with van der Waals surface area (Å²) in [5.41, 5.74) is 0.351. The van der Waals surface area contributed by atoms with Crippen LogP contribution in [0.15, 0.2) is 28.4 Å². The maximum atomic E-state index is 12.1. The third-order valence-electron chi connectivity index (χ3n) is 3.70. The largest absolute Gasteiger partial charge is 0.496 e. The molecule has 1 aliphatic rings. The minimum absolute atomic E-state index is 0.166. The second-order valence-electron chi connectivity index (χ2n) is 5.34. The summed E-state index contributed by atoms with van der Waals surface area (Å²) >= 11 is 0. The van der Waals surface area contributed by atoms with Crippen molar-refractivity contribution in [1.82, 2.24) is 0 Å². The zero-order valence-electron chi connectivity index (χ0n) is 13.7. The van der Waals surface area contributed by atoms with Crippen LogP contribution < -0.4 is 10.1 Å². The molecule has 24 heavy (non-hydrogen) atoms. The minimum Gasteiger partial charge on any atom is -0.496 e. The molecule has 0 aliphatic carbocycles. The van der Waals surface area contributed by atoms with Gasteiger partial charge in [0.25, 0.3) is 0 Å².